The second-order valence-electron chi connectivity index (χ2n) is 4.18. The van der Waals surface area contributed by atoms with Crippen LogP contribution in [0.4, 0.5) is 0 Å². The third kappa shape index (κ3) is 5.27. The van der Waals surface area contributed by atoms with Crippen molar-refractivity contribution in [2.45, 2.75) is 26.0 Å². The molecule has 0 aliphatic rings. The smallest absolute Gasteiger partial charge is 0.341 e. The van der Waals surface area contributed by atoms with E-state index in [1.807, 2.05) is 13.0 Å². The third-order valence-corrected chi connectivity index (χ3v) is 2.68. The molecule has 110 valence electrons. The number of carboxylic acid groups (broad SMARTS) is 1. The standard InChI is InChI=1S/C14H19NO5/c1-3-12(19-2)14(18)15-8-10-5-4-6-11(7-10)20-9-13(16)17/h4-7,12H,3,8-9H2,1-2H3,(H,15,18)(H,16,17). The zero-order valence-corrected chi connectivity index (χ0v) is 11.6. The van der Waals surface area contributed by atoms with Gasteiger partial charge < -0.3 is 19.9 Å². The number of nitrogens with one attached hydrogen (secondary N) is 1. The van der Waals surface area contributed by atoms with Crippen LogP contribution in [0.5, 0.6) is 5.75 Å². The summed E-state index contributed by atoms with van der Waals surface area (Å²) in [5.74, 6) is -0.751. The Balaban J connectivity index is 2.53. The van der Waals surface area contributed by atoms with E-state index in [0.29, 0.717) is 18.7 Å². The molecule has 0 aliphatic carbocycles. The van der Waals surface area contributed by atoms with Crippen molar-refractivity contribution < 1.29 is 24.2 Å². The first kappa shape index (κ1) is 16.0. The van der Waals surface area contributed by atoms with E-state index in [0.717, 1.165) is 5.56 Å². The Morgan fingerprint density at radius 1 is 1.40 bits per heavy atom. The largest absolute Gasteiger partial charge is 0.482 e. The number of hydrogen-bond donors (Lipinski definition) is 2. The maximum atomic E-state index is 11.7. The number of amides is 1. The molecule has 2 N–H and O–H groups in total. The van der Waals surface area contributed by atoms with Gasteiger partial charge >= 0.3 is 5.97 Å². The molecule has 0 saturated heterocycles. The molecule has 20 heavy (non-hydrogen) atoms. The van der Waals surface area contributed by atoms with E-state index in [4.69, 9.17) is 14.6 Å². The number of ether oxygens (including phenoxy) is 2. The Kier molecular flexibility index (Phi) is 6.52. The average molecular weight is 281 g/mol. The lowest BCUT2D eigenvalue weighted by Gasteiger charge is -2.13. The molecular formula is C14H19NO5. The maximum absolute atomic E-state index is 11.7. The van der Waals surface area contributed by atoms with Gasteiger partial charge in [0.25, 0.3) is 0 Å². The fourth-order valence-corrected chi connectivity index (χ4v) is 1.65. The summed E-state index contributed by atoms with van der Waals surface area (Å²) in [6.07, 6.45) is 0.144. The summed E-state index contributed by atoms with van der Waals surface area (Å²) in [5, 5.41) is 11.3. The highest BCUT2D eigenvalue weighted by molar-refractivity contribution is 5.80. The van der Waals surface area contributed by atoms with Crippen LogP contribution < -0.4 is 10.1 Å². The Morgan fingerprint density at radius 3 is 2.75 bits per heavy atom. The van der Waals surface area contributed by atoms with E-state index in [1.165, 1.54) is 7.11 Å². The van der Waals surface area contributed by atoms with E-state index < -0.39 is 18.7 Å². The van der Waals surface area contributed by atoms with Crippen LogP contribution in [0.3, 0.4) is 0 Å². The number of hydrogen-bond acceptors (Lipinski definition) is 4. The summed E-state index contributed by atoms with van der Waals surface area (Å²) in [7, 11) is 1.49. The molecule has 0 fully saturated rings. The van der Waals surface area contributed by atoms with Crippen molar-refractivity contribution in [1.82, 2.24) is 5.32 Å². The normalized spacial score (nSPS) is 11.7. The first-order chi connectivity index (χ1) is 9.56. The molecule has 1 unspecified atom stereocenters. The van der Waals surface area contributed by atoms with E-state index in [2.05, 4.69) is 5.32 Å². The van der Waals surface area contributed by atoms with Crippen LogP contribution in [-0.2, 0) is 20.9 Å². The van der Waals surface area contributed by atoms with Gasteiger partial charge in [0.15, 0.2) is 6.61 Å². The molecule has 1 atom stereocenters. The molecule has 1 aromatic carbocycles. The Bertz CT molecular complexity index is 457. The summed E-state index contributed by atoms with van der Waals surface area (Å²) in [5.41, 5.74) is 0.826. The van der Waals surface area contributed by atoms with Crippen LogP contribution >= 0.6 is 0 Å². The van der Waals surface area contributed by atoms with Crippen molar-refractivity contribution in [2.75, 3.05) is 13.7 Å². The topological polar surface area (TPSA) is 84.9 Å². The van der Waals surface area contributed by atoms with Crippen LogP contribution in [0.2, 0.25) is 0 Å². The van der Waals surface area contributed by atoms with Gasteiger partial charge in [0.2, 0.25) is 5.91 Å². The van der Waals surface area contributed by atoms with Crippen LogP contribution in [0, 0.1) is 0 Å². The van der Waals surface area contributed by atoms with Crippen LogP contribution in [0.1, 0.15) is 18.9 Å². The second-order valence-corrected chi connectivity index (χ2v) is 4.18. The first-order valence-corrected chi connectivity index (χ1v) is 6.30. The van der Waals surface area contributed by atoms with Crippen molar-refractivity contribution in [1.29, 1.82) is 0 Å². The lowest BCUT2D eigenvalue weighted by molar-refractivity contribution is -0.139. The number of aliphatic carboxylic acids is 1. The summed E-state index contributed by atoms with van der Waals surface area (Å²) in [6.45, 7) is 1.81. The molecule has 0 saturated carbocycles. The molecule has 0 radical (unpaired) electrons. The highest BCUT2D eigenvalue weighted by Crippen LogP contribution is 2.13. The molecule has 0 bridgehead atoms. The number of rotatable bonds is 8. The Morgan fingerprint density at radius 2 is 2.15 bits per heavy atom. The number of carbonyl (C=O) groups excluding carboxylic acids is 1. The van der Waals surface area contributed by atoms with Crippen molar-refractivity contribution in [3.63, 3.8) is 0 Å². The summed E-state index contributed by atoms with van der Waals surface area (Å²) >= 11 is 0. The summed E-state index contributed by atoms with van der Waals surface area (Å²) < 4.78 is 10.1. The molecular weight excluding hydrogens is 262 g/mol. The minimum absolute atomic E-state index is 0.174. The molecule has 6 nitrogen and oxygen atoms in total. The Labute approximate surface area is 117 Å². The van der Waals surface area contributed by atoms with E-state index >= 15 is 0 Å². The minimum Gasteiger partial charge on any atom is -0.482 e. The predicted octanol–water partition coefficient (Wildman–Crippen LogP) is 1.19. The van der Waals surface area contributed by atoms with Crippen LogP contribution in [0.15, 0.2) is 24.3 Å². The number of methoxy groups -OCH3 is 1. The van der Waals surface area contributed by atoms with Gasteiger partial charge in [-0.3, -0.25) is 4.79 Å². The molecule has 6 heteroatoms. The van der Waals surface area contributed by atoms with Crippen molar-refractivity contribution >= 4 is 11.9 Å². The van der Waals surface area contributed by atoms with Crippen molar-refractivity contribution in [3.05, 3.63) is 29.8 Å². The van der Waals surface area contributed by atoms with Crippen LogP contribution in [0.25, 0.3) is 0 Å². The lowest BCUT2D eigenvalue weighted by Crippen LogP contribution is -2.34. The maximum Gasteiger partial charge on any atom is 0.341 e. The molecule has 0 spiro atoms. The van der Waals surface area contributed by atoms with Crippen LogP contribution in [-0.4, -0.2) is 36.8 Å². The highest BCUT2D eigenvalue weighted by Gasteiger charge is 2.14. The van der Waals surface area contributed by atoms with Gasteiger partial charge in [-0.2, -0.15) is 0 Å². The van der Waals surface area contributed by atoms with E-state index in [-0.39, 0.29) is 5.91 Å². The minimum atomic E-state index is -1.03. The third-order valence-electron chi connectivity index (χ3n) is 2.68. The molecule has 1 aromatic rings. The zero-order valence-electron chi connectivity index (χ0n) is 11.6. The van der Waals surface area contributed by atoms with E-state index in [9.17, 15) is 9.59 Å². The SMILES string of the molecule is CCC(OC)C(=O)NCc1cccc(OCC(=O)O)c1. The summed E-state index contributed by atoms with van der Waals surface area (Å²) in [6, 6.07) is 6.92. The molecule has 0 aliphatic heterocycles. The lowest BCUT2D eigenvalue weighted by atomic mass is 10.2. The second kappa shape index (κ2) is 8.16. The molecule has 0 heterocycles. The number of carboxylic acids is 1. The number of carbonyl (C=O) groups is 2. The molecule has 1 amide bonds. The highest BCUT2D eigenvalue weighted by atomic mass is 16.5. The average Bonchev–Trinajstić information content (AvgIpc) is 2.44. The zero-order chi connectivity index (χ0) is 15.0. The monoisotopic (exact) mass is 281 g/mol. The van der Waals surface area contributed by atoms with Gasteiger partial charge in [0, 0.05) is 13.7 Å². The van der Waals surface area contributed by atoms with Gasteiger partial charge in [-0.1, -0.05) is 19.1 Å². The molecule has 1 rings (SSSR count). The van der Waals surface area contributed by atoms with Gasteiger partial charge in [-0.05, 0) is 24.1 Å². The van der Waals surface area contributed by atoms with Crippen molar-refractivity contribution in [2.24, 2.45) is 0 Å². The van der Waals surface area contributed by atoms with E-state index in [1.54, 1.807) is 18.2 Å². The van der Waals surface area contributed by atoms with Gasteiger partial charge in [0.05, 0.1) is 0 Å². The fourth-order valence-electron chi connectivity index (χ4n) is 1.65. The summed E-state index contributed by atoms with van der Waals surface area (Å²) in [4.78, 5) is 22.2. The van der Waals surface area contributed by atoms with Gasteiger partial charge in [-0.25, -0.2) is 4.79 Å². The van der Waals surface area contributed by atoms with Crippen molar-refractivity contribution in [3.8, 4) is 5.75 Å². The fraction of sp³-hybridized carbons (Fsp3) is 0.429. The van der Waals surface area contributed by atoms with Gasteiger partial charge in [0.1, 0.15) is 11.9 Å². The number of benzene rings is 1. The Hall–Kier alpha value is -2.08. The quantitative estimate of drug-likeness (QED) is 0.747. The first-order valence-electron chi connectivity index (χ1n) is 6.30. The van der Waals surface area contributed by atoms with Gasteiger partial charge in [-0.15, -0.1) is 0 Å². The predicted molar refractivity (Wildman–Crippen MR) is 72.5 cm³/mol. The molecule has 0 aromatic heterocycles.